The number of para-hydroxylation sites is 1. The highest BCUT2D eigenvalue weighted by atomic mass is 32.1. The molecule has 0 bridgehead atoms. The first-order chi connectivity index (χ1) is 11.8. The molecule has 6 nitrogen and oxygen atoms in total. The number of nitrogens with zero attached hydrogens (tertiary/aromatic N) is 2. The van der Waals surface area contributed by atoms with E-state index in [-0.39, 0.29) is 5.91 Å². The molecule has 0 unspecified atom stereocenters. The van der Waals surface area contributed by atoms with Crippen molar-refractivity contribution in [2.75, 3.05) is 36.5 Å². The molecule has 122 valence electrons. The van der Waals surface area contributed by atoms with Gasteiger partial charge in [-0.1, -0.05) is 29.5 Å². The molecule has 1 aromatic carbocycles. The van der Waals surface area contributed by atoms with Crippen molar-refractivity contribution in [1.82, 2.24) is 4.98 Å². The number of aromatic nitrogens is 2. The number of ether oxygens (including phenoxy) is 1. The van der Waals surface area contributed by atoms with Gasteiger partial charge in [0.05, 0.1) is 30.5 Å². The number of thiazole rings is 1. The predicted molar refractivity (Wildman–Crippen MR) is 93.6 cm³/mol. The van der Waals surface area contributed by atoms with E-state index in [9.17, 15) is 4.79 Å². The van der Waals surface area contributed by atoms with Gasteiger partial charge in [0.2, 0.25) is 0 Å². The molecular weight excluding hydrogens is 324 g/mol. The average Bonchev–Trinajstić information content (AvgIpc) is 3.14. The Labute approximate surface area is 143 Å². The lowest BCUT2D eigenvalue weighted by molar-refractivity contribution is -0.354. The summed E-state index contributed by atoms with van der Waals surface area (Å²) in [6, 6.07) is 9.60. The zero-order valence-electron chi connectivity index (χ0n) is 13.0. The molecule has 1 aliphatic rings. The summed E-state index contributed by atoms with van der Waals surface area (Å²) in [5.41, 5.74) is 1.45. The number of morpholine rings is 1. The highest BCUT2D eigenvalue weighted by Gasteiger charge is 2.21. The minimum Gasteiger partial charge on any atom is -0.378 e. The number of fused-ring (bicyclic) bond motifs is 1. The van der Waals surface area contributed by atoms with Crippen LogP contribution in [0.1, 0.15) is 10.4 Å². The van der Waals surface area contributed by atoms with Crippen LogP contribution in [0.15, 0.2) is 41.9 Å². The Kier molecular flexibility index (Phi) is 4.10. The average molecular weight is 341 g/mol. The molecule has 7 heteroatoms. The zero-order chi connectivity index (χ0) is 16.4. The van der Waals surface area contributed by atoms with Crippen molar-refractivity contribution in [3.05, 3.63) is 47.5 Å². The molecule has 24 heavy (non-hydrogen) atoms. The lowest BCUT2D eigenvalue weighted by Gasteiger charge is -2.28. The second-order valence-corrected chi connectivity index (χ2v) is 6.41. The topological polar surface area (TPSA) is 68.6 Å². The lowest BCUT2D eigenvalue weighted by atomic mass is 10.1. The number of rotatable bonds is 3. The number of carbonyl (C=O) groups excluding carboxylic acids is 1. The van der Waals surface area contributed by atoms with E-state index in [1.807, 2.05) is 35.7 Å². The Hall–Kier alpha value is -2.51. The Morgan fingerprint density at radius 1 is 1.29 bits per heavy atom. The van der Waals surface area contributed by atoms with Crippen molar-refractivity contribution >= 4 is 39.1 Å². The normalized spacial score (nSPS) is 14.8. The van der Waals surface area contributed by atoms with E-state index in [2.05, 4.69) is 15.2 Å². The zero-order valence-corrected chi connectivity index (χ0v) is 13.8. The summed E-state index contributed by atoms with van der Waals surface area (Å²) >= 11 is 1.45. The summed E-state index contributed by atoms with van der Waals surface area (Å²) in [6.45, 7) is 2.93. The van der Waals surface area contributed by atoms with Gasteiger partial charge in [-0.3, -0.25) is 0 Å². The van der Waals surface area contributed by atoms with E-state index in [0.717, 1.165) is 29.8 Å². The van der Waals surface area contributed by atoms with E-state index < -0.39 is 0 Å². The molecule has 1 fully saturated rings. The number of aromatic amines is 1. The minimum absolute atomic E-state index is 0.137. The second-order valence-electron chi connectivity index (χ2n) is 5.49. The van der Waals surface area contributed by atoms with Crippen molar-refractivity contribution in [1.29, 1.82) is 0 Å². The maximum absolute atomic E-state index is 12.8. The van der Waals surface area contributed by atoms with E-state index in [1.165, 1.54) is 11.3 Å². The Morgan fingerprint density at radius 2 is 2.12 bits per heavy atom. The number of anilines is 2. The molecule has 0 atom stereocenters. The number of hydrogen-bond donors (Lipinski definition) is 1. The van der Waals surface area contributed by atoms with Crippen LogP contribution in [0, 0.1) is 0 Å². The Bertz CT molecular complexity index is 860. The van der Waals surface area contributed by atoms with E-state index in [1.54, 1.807) is 6.20 Å². The van der Waals surface area contributed by atoms with Crippen LogP contribution in [0.5, 0.6) is 0 Å². The first-order valence-electron chi connectivity index (χ1n) is 7.80. The fraction of sp³-hybridized carbons (Fsp3) is 0.235. The number of amides is 1. The molecule has 3 aromatic rings. The highest BCUT2D eigenvalue weighted by molar-refractivity contribution is 7.13. The number of H-pyrrole nitrogens is 1. The second kappa shape index (κ2) is 6.54. The third kappa shape index (κ3) is 2.95. The van der Waals surface area contributed by atoms with E-state index in [4.69, 9.17) is 9.72 Å². The molecule has 1 saturated heterocycles. The molecule has 0 radical (unpaired) electrons. The van der Waals surface area contributed by atoms with Crippen LogP contribution in [-0.4, -0.2) is 37.2 Å². The number of hydrogen-bond acceptors (Lipinski definition) is 5. The first-order valence-corrected chi connectivity index (χ1v) is 8.68. The van der Waals surface area contributed by atoms with Crippen molar-refractivity contribution in [3.63, 3.8) is 0 Å². The molecule has 1 aliphatic heterocycles. The summed E-state index contributed by atoms with van der Waals surface area (Å²) in [6.07, 6.45) is 1.80. The predicted octanol–water partition coefficient (Wildman–Crippen LogP) is 2.20. The van der Waals surface area contributed by atoms with Crippen molar-refractivity contribution in [3.8, 4) is 0 Å². The van der Waals surface area contributed by atoms with Crippen LogP contribution in [0.25, 0.3) is 10.9 Å². The Balaban J connectivity index is 1.75. The third-order valence-corrected chi connectivity index (χ3v) is 4.71. The summed E-state index contributed by atoms with van der Waals surface area (Å²) in [4.78, 5) is 22.7. The van der Waals surface area contributed by atoms with Gasteiger partial charge in [-0.25, -0.2) is 14.8 Å². The van der Waals surface area contributed by atoms with Crippen LogP contribution >= 0.6 is 11.3 Å². The monoisotopic (exact) mass is 341 g/mol. The molecule has 4 rings (SSSR count). The third-order valence-electron chi connectivity index (χ3n) is 3.98. The van der Waals surface area contributed by atoms with Gasteiger partial charge in [-0.15, -0.1) is 0 Å². The largest absolute Gasteiger partial charge is 0.378 e. The maximum atomic E-state index is 12.8. The fourth-order valence-corrected chi connectivity index (χ4v) is 3.35. The summed E-state index contributed by atoms with van der Waals surface area (Å²) in [7, 11) is 0. The van der Waals surface area contributed by atoms with Gasteiger partial charge in [-0.2, -0.15) is 5.32 Å². The molecule has 2 N–H and O–H groups in total. The Morgan fingerprint density at radius 3 is 2.92 bits per heavy atom. The number of nitrogens with one attached hydrogen (secondary N) is 2. The molecule has 0 saturated carbocycles. The standard InChI is InChI=1S/C17H16N4O2S/c22-16(20-17-18-5-10-24-17)13-11-15(21-6-8-23-9-7-21)19-14-4-2-1-3-12(13)14/h1-5,10-11H,6-9H2,(H,18,20,22)/p+1. The van der Waals surface area contributed by atoms with Crippen LogP contribution < -0.4 is 15.2 Å². The number of carbonyl (C=O) groups is 1. The van der Waals surface area contributed by atoms with Gasteiger partial charge in [0, 0.05) is 23.9 Å². The summed E-state index contributed by atoms with van der Waals surface area (Å²) in [5.74, 6) is 0.680. The van der Waals surface area contributed by atoms with Crippen LogP contribution in [0.2, 0.25) is 0 Å². The van der Waals surface area contributed by atoms with Gasteiger partial charge in [0.1, 0.15) is 5.82 Å². The first kappa shape index (κ1) is 15.0. The van der Waals surface area contributed by atoms with Gasteiger partial charge in [-0.05, 0) is 12.1 Å². The molecule has 2 aromatic heterocycles. The molecular formula is C17H17N4O2S+. The smallest absolute Gasteiger partial charge is 0.340 e. The maximum Gasteiger partial charge on any atom is 0.340 e. The molecule has 0 aliphatic carbocycles. The van der Waals surface area contributed by atoms with Crippen molar-refractivity contribution < 1.29 is 14.5 Å². The van der Waals surface area contributed by atoms with Crippen molar-refractivity contribution in [2.24, 2.45) is 0 Å². The van der Waals surface area contributed by atoms with Crippen molar-refractivity contribution in [2.45, 2.75) is 0 Å². The SMILES string of the molecule is O=C(Nc1[nH+]ccs1)c1cc(N2CCOCC2)nc2ccccc12. The van der Waals surface area contributed by atoms with E-state index >= 15 is 0 Å². The van der Waals surface area contributed by atoms with E-state index in [0.29, 0.717) is 23.9 Å². The minimum atomic E-state index is -0.137. The highest BCUT2D eigenvalue weighted by Crippen LogP contribution is 2.24. The van der Waals surface area contributed by atoms with Gasteiger partial charge in [0.15, 0.2) is 0 Å². The van der Waals surface area contributed by atoms with Crippen LogP contribution in [0.3, 0.4) is 0 Å². The summed E-state index contributed by atoms with van der Waals surface area (Å²) in [5, 5.41) is 6.37. The van der Waals surface area contributed by atoms with Crippen LogP contribution in [0.4, 0.5) is 10.9 Å². The summed E-state index contributed by atoms with van der Waals surface area (Å²) < 4.78 is 5.41. The fourth-order valence-electron chi connectivity index (χ4n) is 2.79. The molecule has 0 spiro atoms. The molecule has 1 amide bonds. The van der Waals surface area contributed by atoms with Gasteiger partial charge in [0.25, 0.3) is 0 Å². The number of pyridine rings is 1. The van der Waals surface area contributed by atoms with Gasteiger partial charge >= 0.3 is 11.0 Å². The molecule has 3 heterocycles. The number of benzene rings is 1. The van der Waals surface area contributed by atoms with Gasteiger partial charge < -0.3 is 9.64 Å². The van der Waals surface area contributed by atoms with Crippen LogP contribution in [-0.2, 0) is 4.74 Å². The lowest BCUT2D eigenvalue weighted by Crippen LogP contribution is -2.37. The quantitative estimate of drug-likeness (QED) is 0.793.